The maximum Gasteiger partial charge on any atom is 0.417 e. The first kappa shape index (κ1) is 25.2. The third kappa shape index (κ3) is 5.84. The summed E-state index contributed by atoms with van der Waals surface area (Å²) in [6, 6.07) is 16.2. The average Bonchev–Trinajstić information content (AvgIpc) is 3.35. The molecule has 11 heteroatoms. The number of imidazole rings is 1. The van der Waals surface area contributed by atoms with Crippen molar-refractivity contribution < 1.29 is 27.6 Å². The van der Waals surface area contributed by atoms with Gasteiger partial charge in [0.05, 0.1) is 28.1 Å². The van der Waals surface area contributed by atoms with Crippen molar-refractivity contribution in [3.8, 4) is 22.7 Å². The van der Waals surface area contributed by atoms with Gasteiger partial charge in [-0.25, -0.2) is 9.78 Å². The van der Waals surface area contributed by atoms with Crippen molar-refractivity contribution in [2.24, 2.45) is 0 Å². The Labute approximate surface area is 208 Å². The number of nitro groups is 1. The molecule has 3 aromatic carbocycles. The van der Waals surface area contributed by atoms with Gasteiger partial charge >= 0.3 is 12.1 Å². The van der Waals surface area contributed by atoms with E-state index in [2.05, 4.69) is 10.3 Å². The topological polar surface area (TPSA) is 99.3 Å². The number of benzene rings is 3. The Kier molecular flexibility index (Phi) is 7.05. The lowest BCUT2D eigenvalue weighted by Gasteiger charge is -2.14. The SMILES string of the molecule is CNc1ccc([N+](=O)[O-])cc1-n1cnc(OC(=O)C=Cc2ccc(-c3ccccc3)c(C(F)(F)F)c2)c1. The van der Waals surface area contributed by atoms with Gasteiger partial charge in [0.1, 0.15) is 6.33 Å². The number of carbonyl (C=O) groups excluding carboxylic acids is 1. The van der Waals surface area contributed by atoms with Crippen LogP contribution in [0.1, 0.15) is 11.1 Å². The largest absolute Gasteiger partial charge is 0.417 e. The van der Waals surface area contributed by atoms with E-state index >= 15 is 0 Å². The van der Waals surface area contributed by atoms with E-state index in [-0.39, 0.29) is 22.7 Å². The number of carbonyl (C=O) groups is 1. The number of alkyl halides is 3. The standard InChI is InChI=1S/C26H19F3N4O4/c1-30-22-11-9-19(33(35)36)14-23(22)32-15-24(31-16-32)37-25(34)12-8-17-7-10-20(18-5-3-2-4-6-18)21(13-17)26(27,28)29/h2-16,30H,1H3. The summed E-state index contributed by atoms with van der Waals surface area (Å²) in [5.41, 5.74) is 0.613. The third-order valence-corrected chi connectivity index (χ3v) is 5.35. The Morgan fingerprint density at radius 2 is 1.86 bits per heavy atom. The lowest BCUT2D eigenvalue weighted by atomic mass is 9.97. The second kappa shape index (κ2) is 10.4. The van der Waals surface area contributed by atoms with Crippen molar-refractivity contribution in [3.63, 3.8) is 0 Å². The zero-order valence-corrected chi connectivity index (χ0v) is 19.3. The number of nitrogens with one attached hydrogen (secondary N) is 1. The predicted molar refractivity (Wildman–Crippen MR) is 131 cm³/mol. The van der Waals surface area contributed by atoms with Crippen molar-refractivity contribution in [3.05, 3.63) is 107 Å². The van der Waals surface area contributed by atoms with Gasteiger partial charge in [-0.3, -0.25) is 14.7 Å². The fraction of sp³-hybridized carbons (Fsp3) is 0.0769. The molecule has 0 radical (unpaired) electrons. The normalized spacial score (nSPS) is 11.5. The molecule has 1 heterocycles. The van der Waals surface area contributed by atoms with Crippen molar-refractivity contribution in [2.45, 2.75) is 6.18 Å². The van der Waals surface area contributed by atoms with Crippen LogP contribution in [-0.2, 0) is 11.0 Å². The Morgan fingerprint density at radius 1 is 1.11 bits per heavy atom. The molecule has 0 aliphatic rings. The first-order chi connectivity index (χ1) is 17.7. The summed E-state index contributed by atoms with van der Waals surface area (Å²) in [6.07, 6.45) is 0.263. The minimum absolute atomic E-state index is 0.0282. The quantitative estimate of drug-likeness (QED) is 0.140. The molecule has 1 N–H and O–H groups in total. The fourth-order valence-corrected chi connectivity index (χ4v) is 3.62. The van der Waals surface area contributed by atoms with Crippen molar-refractivity contribution in [1.82, 2.24) is 9.55 Å². The number of halogens is 3. The number of nitrogens with zero attached hydrogens (tertiary/aromatic N) is 3. The summed E-state index contributed by atoms with van der Waals surface area (Å²) in [5.74, 6) is -0.961. The van der Waals surface area contributed by atoms with Crippen LogP contribution in [0.4, 0.5) is 24.5 Å². The Morgan fingerprint density at radius 3 is 2.54 bits per heavy atom. The van der Waals surface area contributed by atoms with Crippen molar-refractivity contribution in [1.29, 1.82) is 0 Å². The molecular formula is C26H19F3N4O4. The summed E-state index contributed by atoms with van der Waals surface area (Å²) in [5, 5.41) is 14.0. The Balaban J connectivity index is 1.52. The molecule has 0 bridgehead atoms. The number of nitro benzene ring substituents is 1. The number of rotatable bonds is 7. The van der Waals surface area contributed by atoms with Gasteiger partial charge < -0.3 is 10.1 Å². The van der Waals surface area contributed by atoms with Crippen LogP contribution in [0.2, 0.25) is 0 Å². The van der Waals surface area contributed by atoms with Crippen LogP contribution in [0.5, 0.6) is 5.88 Å². The number of non-ortho nitro benzene ring substituents is 1. The molecule has 188 valence electrons. The molecule has 8 nitrogen and oxygen atoms in total. The third-order valence-electron chi connectivity index (χ3n) is 5.35. The molecule has 0 atom stereocenters. The molecule has 4 rings (SSSR count). The number of ether oxygens (including phenoxy) is 1. The van der Waals surface area contributed by atoms with Gasteiger partial charge in [0, 0.05) is 25.3 Å². The highest BCUT2D eigenvalue weighted by Crippen LogP contribution is 2.38. The van der Waals surface area contributed by atoms with E-state index in [1.807, 2.05) is 0 Å². The van der Waals surface area contributed by atoms with E-state index < -0.39 is 22.6 Å². The molecule has 0 saturated carbocycles. The van der Waals surface area contributed by atoms with Crippen LogP contribution < -0.4 is 10.1 Å². The first-order valence-corrected chi connectivity index (χ1v) is 10.8. The smallest absolute Gasteiger partial charge is 0.403 e. The summed E-state index contributed by atoms with van der Waals surface area (Å²) in [7, 11) is 1.64. The predicted octanol–water partition coefficient (Wildman–Crippen LogP) is 6.13. The zero-order chi connectivity index (χ0) is 26.6. The average molecular weight is 508 g/mol. The van der Waals surface area contributed by atoms with Crippen LogP contribution >= 0.6 is 0 Å². The Bertz CT molecular complexity index is 1480. The second-order valence-electron chi connectivity index (χ2n) is 7.75. The molecule has 0 aliphatic heterocycles. The first-order valence-electron chi connectivity index (χ1n) is 10.8. The maximum atomic E-state index is 13.7. The van der Waals surface area contributed by atoms with E-state index in [0.29, 0.717) is 16.9 Å². The molecule has 0 spiro atoms. The highest BCUT2D eigenvalue weighted by atomic mass is 19.4. The molecule has 1 aromatic heterocycles. The number of anilines is 1. The summed E-state index contributed by atoms with van der Waals surface area (Å²) >= 11 is 0. The number of hydrogen-bond donors (Lipinski definition) is 1. The van der Waals surface area contributed by atoms with E-state index in [1.165, 1.54) is 53.5 Å². The van der Waals surface area contributed by atoms with Gasteiger partial charge in [-0.05, 0) is 34.9 Å². The lowest BCUT2D eigenvalue weighted by Crippen LogP contribution is -2.08. The van der Waals surface area contributed by atoms with E-state index in [1.54, 1.807) is 37.4 Å². The van der Waals surface area contributed by atoms with E-state index in [0.717, 1.165) is 12.1 Å². The fourth-order valence-electron chi connectivity index (χ4n) is 3.62. The Hall–Kier alpha value is -4.93. The van der Waals surface area contributed by atoms with Crippen LogP contribution in [-0.4, -0.2) is 27.5 Å². The lowest BCUT2D eigenvalue weighted by molar-refractivity contribution is -0.384. The van der Waals surface area contributed by atoms with Crippen molar-refractivity contribution in [2.75, 3.05) is 12.4 Å². The van der Waals surface area contributed by atoms with Crippen LogP contribution in [0, 0.1) is 10.1 Å². The number of aromatic nitrogens is 2. The second-order valence-corrected chi connectivity index (χ2v) is 7.75. The van der Waals surface area contributed by atoms with E-state index in [4.69, 9.17) is 4.74 Å². The van der Waals surface area contributed by atoms with Gasteiger partial charge in [-0.1, -0.05) is 42.5 Å². The van der Waals surface area contributed by atoms with Gasteiger partial charge in [0.25, 0.3) is 5.69 Å². The van der Waals surface area contributed by atoms with Crippen molar-refractivity contribution >= 4 is 23.4 Å². The molecule has 0 fully saturated rings. The minimum atomic E-state index is -4.60. The molecular weight excluding hydrogens is 489 g/mol. The summed E-state index contributed by atoms with van der Waals surface area (Å²) < 4.78 is 47.7. The van der Waals surface area contributed by atoms with Crippen LogP contribution in [0.3, 0.4) is 0 Å². The number of hydrogen-bond acceptors (Lipinski definition) is 6. The molecule has 37 heavy (non-hydrogen) atoms. The van der Waals surface area contributed by atoms with Crippen LogP contribution in [0.15, 0.2) is 85.3 Å². The number of esters is 1. The molecule has 4 aromatic rings. The molecule has 0 aliphatic carbocycles. The summed E-state index contributed by atoms with van der Waals surface area (Å²) in [4.78, 5) is 26.8. The van der Waals surface area contributed by atoms with Gasteiger partial charge in [0.2, 0.25) is 5.88 Å². The van der Waals surface area contributed by atoms with E-state index in [9.17, 15) is 28.1 Å². The molecule has 0 unspecified atom stereocenters. The van der Waals surface area contributed by atoms with Gasteiger partial charge in [0.15, 0.2) is 0 Å². The highest BCUT2D eigenvalue weighted by molar-refractivity contribution is 5.88. The zero-order valence-electron chi connectivity index (χ0n) is 19.3. The van der Waals surface area contributed by atoms with Gasteiger partial charge in [-0.2, -0.15) is 13.2 Å². The highest BCUT2D eigenvalue weighted by Gasteiger charge is 2.33. The van der Waals surface area contributed by atoms with Crippen LogP contribution in [0.25, 0.3) is 22.9 Å². The molecule has 0 saturated heterocycles. The summed E-state index contributed by atoms with van der Waals surface area (Å²) in [6.45, 7) is 0. The minimum Gasteiger partial charge on any atom is -0.403 e. The maximum absolute atomic E-state index is 13.7. The van der Waals surface area contributed by atoms with Gasteiger partial charge in [-0.15, -0.1) is 0 Å². The monoisotopic (exact) mass is 508 g/mol. The molecule has 0 amide bonds.